The van der Waals surface area contributed by atoms with Crippen LogP contribution in [0, 0.1) is 0 Å². The summed E-state index contributed by atoms with van der Waals surface area (Å²) in [6.07, 6.45) is 4.02. The monoisotopic (exact) mass is 431 g/mol. The summed E-state index contributed by atoms with van der Waals surface area (Å²) in [7, 11) is 3.01. The van der Waals surface area contributed by atoms with Crippen molar-refractivity contribution in [1.82, 2.24) is 24.7 Å². The summed E-state index contributed by atoms with van der Waals surface area (Å²) in [5.41, 5.74) is 0.877. The molecule has 0 aliphatic rings. The average Bonchev–Trinajstić information content (AvgIpc) is 3.18. The first kappa shape index (κ1) is 21.1. The second kappa shape index (κ2) is 10.3. The lowest BCUT2D eigenvalue weighted by molar-refractivity contribution is -0.140. The number of carbonyl (C=O) groups excluding carboxylic acids is 1. The van der Waals surface area contributed by atoms with E-state index in [1.165, 1.54) is 30.6 Å². The molecule has 0 fully saturated rings. The molecule has 0 aliphatic carbocycles. The highest BCUT2D eigenvalue weighted by Gasteiger charge is 2.24. The third kappa shape index (κ3) is 5.27. The minimum atomic E-state index is -0.362. The van der Waals surface area contributed by atoms with Crippen molar-refractivity contribution in [3.8, 4) is 11.4 Å². The normalized spacial score (nSPS) is 11.8. The van der Waals surface area contributed by atoms with Gasteiger partial charge in [-0.25, -0.2) is 9.97 Å². The van der Waals surface area contributed by atoms with Gasteiger partial charge in [-0.15, -0.1) is 10.2 Å². The van der Waals surface area contributed by atoms with Gasteiger partial charge in [0.1, 0.15) is 16.8 Å². The van der Waals surface area contributed by atoms with Crippen LogP contribution in [0.25, 0.3) is 5.69 Å². The maximum atomic E-state index is 12.1. The summed E-state index contributed by atoms with van der Waals surface area (Å²) < 4.78 is 12.1. The van der Waals surface area contributed by atoms with Gasteiger partial charge in [0.2, 0.25) is 0 Å². The molecule has 8 nitrogen and oxygen atoms in total. The molecule has 1 aromatic carbocycles. The number of aromatic nitrogens is 5. The van der Waals surface area contributed by atoms with E-state index in [-0.39, 0.29) is 11.2 Å². The summed E-state index contributed by atoms with van der Waals surface area (Å²) in [6, 6.07) is 9.38. The van der Waals surface area contributed by atoms with E-state index in [9.17, 15) is 4.79 Å². The molecule has 0 N–H and O–H groups in total. The van der Waals surface area contributed by atoms with Crippen molar-refractivity contribution in [2.24, 2.45) is 0 Å². The van der Waals surface area contributed by atoms with Crippen molar-refractivity contribution < 1.29 is 14.3 Å². The van der Waals surface area contributed by atoms with Gasteiger partial charge in [-0.3, -0.25) is 9.36 Å². The first-order chi connectivity index (χ1) is 14.2. The maximum Gasteiger partial charge on any atom is 0.319 e. The van der Waals surface area contributed by atoms with Crippen molar-refractivity contribution in [2.45, 2.75) is 34.7 Å². The van der Waals surface area contributed by atoms with Crippen LogP contribution in [0.15, 0.2) is 53.0 Å². The Morgan fingerprint density at radius 1 is 1.14 bits per heavy atom. The van der Waals surface area contributed by atoms with Gasteiger partial charge in [0, 0.05) is 18.1 Å². The van der Waals surface area contributed by atoms with Crippen molar-refractivity contribution in [1.29, 1.82) is 0 Å². The smallest absolute Gasteiger partial charge is 0.319 e. The minimum absolute atomic E-state index is 0.282. The highest BCUT2D eigenvalue weighted by molar-refractivity contribution is 8.00. The van der Waals surface area contributed by atoms with Crippen LogP contribution >= 0.6 is 23.5 Å². The number of benzene rings is 1. The molecule has 29 heavy (non-hydrogen) atoms. The Balaban J connectivity index is 1.92. The molecule has 0 bridgehead atoms. The first-order valence-corrected chi connectivity index (χ1v) is 10.8. The lowest BCUT2D eigenvalue weighted by Gasteiger charge is -2.14. The van der Waals surface area contributed by atoms with E-state index in [2.05, 4.69) is 20.2 Å². The third-order valence-corrected chi connectivity index (χ3v) is 6.14. The van der Waals surface area contributed by atoms with Crippen molar-refractivity contribution in [2.75, 3.05) is 14.2 Å². The standard InChI is InChI=1S/C19H21N5O3S2/c1-4-15(17(25)27-3)29-19-23-22-16(12-28-18-20-10-5-11-21-18)24(19)13-6-8-14(26-2)9-7-13/h5-11,15H,4,12H2,1-3H3/t15-/m0/s1. The summed E-state index contributed by atoms with van der Waals surface area (Å²) in [5, 5.41) is 9.61. The van der Waals surface area contributed by atoms with E-state index >= 15 is 0 Å². The van der Waals surface area contributed by atoms with E-state index in [4.69, 9.17) is 9.47 Å². The lowest BCUT2D eigenvalue weighted by atomic mass is 10.3. The Hall–Kier alpha value is -2.59. The topological polar surface area (TPSA) is 92.0 Å². The Morgan fingerprint density at radius 3 is 2.48 bits per heavy atom. The number of hydrogen-bond acceptors (Lipinski definition) is 9. The quantitative estimate of drug-likeness (QED) is 0.287. The van der Waals surface area contributed by atoms with Crippen LogP contribution in [0.2, 0.25) is 0 Å². The van der Waals surface area contributed by atoms with Crippen molar-refractivity contribution in [3.63, 3.8) is 0 Å². The van der Waals surface area contributed by atoms with Crippen molar-refractivity contribution >= 4 is 29.5 Å². The molecule has 3 rings (SSSR count). The first-order valence-electron chi connectivity index (χ1n) is 8.89. The lowest BCUT2D eigenvalue weighted by Crippen LogP contribution is -2.18. The predicted octanol–water partition coefficient (Wildman–Crippen LogP) is 3.40. The van der Waals surface area contributed by atoms with Gasteiger partial charge >= 0.3 is 5.97 Å². The molecule has 0 saturated heterocycles. The molecule has 152 valence electrons. The van der Waals surface area contributed by atoms with Gasteiger partial charge in [0.15, 0.2) is 10.3 Å². The second-order valence-corrected chi connectivity index (χ2v) is 7.90. The number of carbonyl (C=O) groups is 1. The third-order valence-electron chi connectivity index (χ3n) is 3.99. The number of nitrogens with zero attached hydrogens (tertiary/aromatic N) is 5. The number of hydrogen-bond donors (Lipinski definition) is 0. The summed E-state index contributed by atoms with van der Waals surface area (Å²) in [6.45, 7) is 1.94. The molecule has 0 amide bonds. The molecule has 0 aliphatic heterocycles. The Labute approximate surface area is 177 Å². The van der Waals surface area contributed by atoms with Crippen LogP contribution in [0.5, 0.6) is 5.75 Å². The van der Waals surface area contributed by atoms with E-state index < -0.39 is 0 Å². The number of ether oxygens (including phenoxy) is 2. The van der Waals surface area contributed by atoms with Crippen LogP contribution in [-0.2, 0) is 15.3 Å². The van der Waals surface area contributed by atoms with Crippen LogP contribution in [-0.4, -0.2) is 50.2 Å². The molecule has 3 aromatic rings. The van der Waals surface area contributed by atoms with E-state index in [1.807, 2.05) is 35.8 Å². The number of thioether (sulfide) groups is 2. The number of esters is 1. The molecule has 0 unspecified atom stereocenters. The Morgan fingerprint density at radius 2 is 1.86 bits per heavy atom. The molecule has 10 heteroatoms. The zero-order valence-corrected chi connectivity index (χ0v) is 17.9. The number of rotatable bonds is 9. The fourth-order valence-electron chi connectivity index (χ4n) is 2.51. The van der Waals surface area contributed by atoms with Gasteiger partial charge in [-0.1, -0.05) is 30.4 Å². The van der Waals surface area contributed by atoms with Crippen LogP contribution in [0.3, 0.4) is 0 Å². The van der Waals surface area contributed by atoms with Crippen molar-refractivity contribution in [3.05, 3.63) is 48.5 Å². The molecule has 2 heterocycles. The van der Waals surface area contributed by atoms with Gasteiger partial charge in [-0.05, 0) is 36.8 Å². The van der Waals surface area contributed by atoms with E-state index in [0.717, 1.165) is 17.3 Å². The summed E-state index contributed by atoms with van der Waals surface area (Å²) in [5.74, 6) is 1.73. The average molecular weight is 432 g/mol. The molecule has 0 saturated carbocycles. The SMILES string of the molecule is CC[C@H](Sc1nnc(CSc2ncccn2)n1-c1ccc(OC)cc1)C(=O)OC. The van der Waals surface area contributed by atoms with E-state index in [0.29, 0.717) is 22.5 Å². The zero-order chi connectivity index (χ0) is 20.6. The zero-order valence-electron chi connectivity index (χ0n) is 16.3. The Kier molecular flexibility index (Phi) is 7.48. The largest absolute Gasteiger partial charge is 0.497 e. The molecule has 2 aromatic heterocycles. The van der Waals surface area contributed by atoms with Gasteiger partial charge < -0.3 is 9.47 Å². The van der Waals surface area contributed by atoms with Gasteiger partial charge in [0.25, 0.3) is 0 Å². The van der Waals surface area contributed by atoms with Gasteiger partial charge in [0.05, 0.1) is 20.0 Å². The highest BCUT2D eigenvalue weighted by Crippen LogP contribution is 2.30. The van der Waals surface area contributed by atoms with Gasteiger partial charge in [-0.2, -0.15) is 0 Å². The summed E-state index contributed by atoms with van der Waals surface area (Å²) in [4.78, 5) is 20.5. The maximum absolute atomic E-state index is 12.1. The number of methoxy groups -OCH3 is 2. The Bertz CT molecular complexity index is 935. The molecule has 0 radical (unpaired) electrons. The fourth-order valence-corrected chi connectivity index (χ4v) is 4.24. The molecule has 0 spiro atoms. The minimum Gasteiger partial charge on any atom is -0.497 e. The fraction of sp³-hybridized carbons (Fsp3) is 0.316. The van der Waals surface area contributed by atoms with Crippen LogP contribution in [0.4, 0.5) is 0 Å². The summed E-state index contributed by atoms with van der Waals surface area (Å²) >= 11 is 2.81. The molecular weight excluding hydrogens is 410 g/mol. The predicted molar refractivity (Wildman–Crippen MR) is 111 cm³/mol. The molecular formula is C19H21N5O3S2. The molecule has 1 atom stereocenters. The van der Waals surface area contributed by atoms with Crippen LogP contribution in [0.1, 0.15) is 19.2 Å². The van der Waals surface area contributed by atoms with Crippen LogP contribution < -0.4 is 4.74 Å². The van der Waals surface area contributed by atoms with E-state index in [1.54, 1.807) is 25.6 Å². The second-order valence-electron chi connectivity index (χ2n) is 5.79. The highest BCUT2D eigenvalue weighted by atomic mass is 32.2.